The highest BCUT2D eigenvalue weighted by Gasteiger charge is 2.52. The molecule has 184 valence electrons. The van der Waals surface area contributed by atoms with E-state index < -0.39 is 18.1 Å². The van der Waals surface area contributed by atoms with Crippen LogP contribution in [0.1, 0.15) is 84.5 Å². The van der Waals surface area contributed by atoms with Gasteiger partial charge in [0.05, 0.1) is 24.2 Å². The molecule has 0 aromatic heterocycles. The van der Waals surface area contributed by atoms with Gasteiger partial charge in [0.2, 0.25) is 0 Å². The number of nitrogens with one attached hydrogen (secondary N) is 2. The molecule has 0 unspecified atom stereocenters. The molecular weight excluding hydrogens is 427 g/mol. The summed E-state index contributed by atoms with van der Waals surface area (Å²) in [5.41, 5.74) is 0. The summed E-state index contributed by atoms with van der Waals surface area (Å²) in [4.78, 5) is 20.4. The molecule has 0 bridgehead atoms. The Kier molecular flexibility index (Phi) is 9.64. The minimum atomic E-state index is -5.19. The van der Waals surface area contributed by atoms with Crippen molar-refractivity contribution in [2.24, 2.45) is 5.92 Å². The summed E-state index contributed by atoms with van der Waals surface area (Å²) in [6, 6.07) is 1.24. The van der Waals surface area contributed by atoms with Crippen molar-refractivity contribution in [1.82, 2.24) is 10.6 Å². The van der Waals surface area contributed by atoms with E-state index in [4.69, 9.17) is 9.90 Å². The fourth-order valence-corrected chi connectivity index (χ4v) is 5.17. The molecule has 0 amide bonds. The molecule has 0 aromatic rings. The average molecular weight is 464 g/mol. The number of guanidine groups is 1. The molecule has 32 heavy (non-hydrogen) atoms. The molecule has 0 radical (unpaired) electrons. The predicted octanol–water partition coefficient (Wildman–Crippen LogP) is 2.38. The first-order valence-electron chi connectivity index (χ1n) is 11.8. The minimum absolute atomic E-state index is 0.00249. The zero-order chi connectivity index (χ0) is 23.9. The van der Waals surface area contributed by atoms with E-state index in [-0.39, 0.29) is 18.0 Å². The van der Waals surface area contributed by atoms with Crippen LogP contribution in [-0.2, 0) is 9.59 Å². The van der Waals surface area contributed by atoms with Crippen molar-refractivity contribution >= 4 is 17.9 Å². The zero-order valence-corrected chi connectivity index (χ0v) is 18.9. The van der Waals surface area contributed by atoms with Crippen LogP contribution in [0.2, 0.25) is 0 Å². The van der Waals surface area contributed by atoms with Gasteiger partial charge in [-0.2, -0.15) is 13.2 Å². The van der Waals surface area contributed by atoms with Crippen LogP contribution in [-0.4, -0.2) is 57.9 Å². The second-order valence-corrected chi connectivity index (χ2v) is 9.12. The lowest BCUT2D eigenvalue weighted by molar-refractivity contribution is -0.598. The highest BCUT2D eigenvalue weighted by molar-refractivity contribution is 5.80. The van der Waals surface area contributed by atoms with Crippen molar-refractivity contribution in [3.05, 3.63) is 0 Å². The summed E-state index contributed by atoms with van der Waals surface area (Å²) < 4.78 is 33.9. The van der Waals surface area contributed by atoms with Crippen LogP contribution < -0.4 is 15.7 Å². The van der Waals surface area contributed by atoms with Crippen LogP contribution in [0.4, 0.5) is 13.2 Å². The molecular formula is C22H36F3N3O4. The smallest absolute Gasteiger partial charge is 0.430 e. The lowest BCUT2D eigenvalue weighted by Crippen LogP contribution is -2.66. The average Bonchev–Trinajstić information content (AvgIpc) is 3.11. The first kappa shape index (κ1) is 26.3. The standard InChI is InChI=1S/C20H35N3O2.C2HF3O2/c1-3-4-5-6-7-8-9-10-15-13-16-11-12-17-18(19(24)25)14(2)21-20(22-15)23(16)17;3-2(4,5)1(6)7/h14-18H,3-13H2,1-2H3,(H2,21,22,24,25);(H,6,7)/t14-,15-,16+,17+,18-;/m1./s1. The molecule has 1 saturated heterocycles. The second-order valence-electron chi connectivity index (χ2n) is 9.12. The number of rotatable bonds is 9. The molecule has 1 fully saturated rings. The quantitative estimate of drug-likeness (QED) is 0.358. The SMILES string of the molecule is CCCCCCCCC[C@@H]1C[C@@H]2CC[C@H]3[C@H](C(=O)O)[C@@H](C)NC(=[N+]23)N1.O=C([O-])C(F)(F)F. The van der Waals surface area contributed by atoms with Gasteiger partial charge < -0.3 is 15.0 Å². The highest BCUT2D eigenvalue weighted by atomic mass is 19.4. The summed E-state index contributed by atoms with van der Waals surface area (Å²) in [6.07, 6.45) is 8.86. The number of nitrogens with zero attached hydrogens (tertiary/aromatic N) is 1. The van der Waals surface area contributed by atoms with Crippen molar-refractivity contribution in [2.45, 2.75) is 115 Å². The number of hydrogen-bond donors (Lipinski definition) is 3. The Labute approximate surface area is 187 Å². The van der Waals surface area contributed by atoms with Crippen molar-refractivity contribution in [1.29, 1.82) is 0 Å². The maximum Gasteiger partial charge on any atom is 0.430 e. The molecule has 0 spiro atoms. The number of hydrogen-bond acceptors (Lipinski definition) is 5. The van der Waals surface area contributed by atoms with Crippen molar-refractivity contribution in [3.8, 4) is 0 Å². The second kappa shape index (κ2) is 11.7. The number of unbranched alkanes of at least 4 members (excludes halogenated alkanes) is 6. The van der Waals surface area contributed by atoms with Gasteiger partial charge >= 0.3 is 18.1 Å². The van der Waals surface area contributed by atoms with Gasteiger partial charge in [-0.25, -0.2) is 0 Å². The first-order chi connectivity index (χ1) is 15.1. The molecule has 3 aliphatic heterocycles. The fourth-order valence-electron chi connectivity index (χ4n) is 5.17. The number of halogens is 3. The fraction of sp³-hybridized carbons (Fsp3) is 0.864. The van der Waals surface area contributed by atoms with Gasteiger partial charge in [0.25, 0.3) is 0 Å². The maximum atomic E-state index is 11.7. The first-order valence-corrected chi connectivity index (χ1v) is 11.8. The Morgan fingerprint density at radius 2 is 1.69 bits per heavy atom. The van der Waals surface area contributed by atoms with E-state index >= 15 is 0 Å². The topological polar surface area (TPSA) is 104 Å². The number of carboxylic acids is 2. The van der Waals surface area contributed by atoms with Crippen LogP contribution in [0.15, 0.2) is 0 Å². The van der Waals surface area contributed by atoms with E-state index in [2.05, 4.69) is 22.1 Å². The number of alkyl halides is 3. The van der Waals surface area contributed by atoms with Gasteiger partial charge in [-0.05, 0) is 26.2 Å². The van der Waals surface area contributed by atoms with Crippen LogP contribution in [0.3, 0.4) is 0 Å². The van der Waals surface area contributed by atoms with Crippen LogP contribution >= 0.6 is 0 Å². The molecule has 3 N–H and O–H groups in total. The lowest BCUT2D eigenvalue weighted by Gasteiger charge is -2.37. The van der Waals surface area contributed by atoms with Gasteiger partial charge in [0, 0.05) is 6.42 Å². The summed E-state index contributed by atoms with van der Waals surface area (Å²) in [6.45, 7) is 4.28. The van der Waals surface area contributed by atoms with E-state index in [0.29, 0.717) is 12.1 Å². The summed E-state index contributed by atoms with van der Waals surface area (Å²) in [5.74, 6) is -2.85. The molecule has 3 heterocycles. The van der Waals surface area contributed by atoms with E-state index in [1.54, 1.807) is 0 Å². The third kappa shape index (κ3) is 7.00. The van der Waals surface area contributed by atoms with E-state index in [9.17, 15) is 23.1 Å². The van der Waals surface area contributed by atoms with Crippen molar-refractivity contribution in [3.63, 3.8) is 0 Å². The number of aliphatic carboxylic acids is 2. The predicted molar refractivity (Wildman–Crippen MR) is 111 cm³/mol. The number of carbonyl (C=O) groups is 2. The molecule has 10 heteroatoms. The Hall–Kier alpha value is -2.00. The Morgan fingerprint density at radius 1 is 1.09 bits per heavy atom. The van der Waals surface area contributed by atoms with Crippen molar-refractivity contribution in [2.75, 3.05) is 0 Å². The van der Waals surface area contributed by atoms with Gasteiger partial charge in [-0.3, -0.25) is 20.0 Å². The Morgan fingerprint density at radius 3 is 2.25 bits per heavy atom. The summed E-state index contributed by atoms with van der Waals surface area (Å²) >= 11 is 0. The molecule has 7 nitrogen and oxygen atoms in total. The highest BCUT2D eigenvalue weighted by Crippen LogP contribution is 2.34. The van der Waals surface area contributed by atoms with E-state index in [1.165, 1.54) is 51.4 Å². The molecule has 3 rings (SSSR count). The number of carboxylic acid groups (broad SMARTS) is 2. The summed E-state index contributed by atoms with van der Waals surface area (Å²) in [7, 11) is 0. The third-order valence-corrected chi connectivity index (χ3v) is 6.69. The Bertz CT molecular complexity index is 684. The van der Waals surface area contributed by atoms with Gasteiger partial charge in [0.1, 0.15) is 11.9 Å². The maximum absolute atomic E-state index is 11.7. The monoisotopic (exact) mass is 463 g/mol. The molecule has 3 aliphatic rings. The largest absolute Gasteiger partial charge is 0.542 e. The third-order valence-electron chi connectivity index (χ3n) is 6.69. The van der Waals surface area contributed by atoms with Crippen LogP contribution in [0, 0.1) is 5.92 Å². The minimum Gasteiger partial charge on any atom is -0.542 e. The molecule has 0 aliphatic carbocycles. The lowest BCUT2D eigenvalue weighted by atomic mass is 9.90. The van der Waals surface area contributed by atoms with Gasteiger partial charge in [0.15, 0.2) is 0 Å². The molecule has 0 aromatic carbocycles. The number of carbonyl (C=O) groups excluding carboxylic acids is 1. The normalized spacial score (nSPS) is 28.7. The van der Waals surface area contributed by atoms with Gasteiger partial charge in [-0.15, -0.1) is 0 Å². The van der Waals surface area contributed by atoms with Crippen molar-refractivity contribution < 1.29 is 37.5 Å². The zero-order valence-electron chi connectivity index (χ0n) is 18.9. The Balaban J connectivity index is 0.000000451. The van der Waals surface area contributed by atoms with E-state index in [0.717, 1.165) is 25.2 Å². The van der Waals surface area contributed by atoms with Crippen LogP contribution in [0.25, 0.3) is 0 Å². The van der Waals surface area contributed by atoms with E-state index in [1.807, 2.05) is 6.92 Å². The summed E-state index contributed by atoms with van der Waals surface area (Å²) in [5, 5.41) is 25.5. The molecule has 0 saturated carbocycles. The van der Waals surface area contributed by atoms with Gasteiger partial charge in [-0.1, -0.05) is 51.9 Å². The van der Waals surface area contributed by atoms with Crippen LogP contribution in [0.5, 0.6) is 0 Å². The molecule has 5 atom stereocenters.